The molecule has 0 spiro atoms. The van der Waals surface area contributed by atoms with Gasteiger partial charge in [-0.3, -0.25) is 4.79 Å². The Bertz CT molecular complexity index is 181. The normalized spacial score (nSPS) is 11.0. The molecule has 0 bridgehead atoms. The van der Waals surface area contributed by atoms with Gasteiger partial charge in [-0.05, 0) is 20.8 Å². The predicted molar refractivity (Wildman–Crippen MR) is 47.5 cm³/mol. The van der Waals surface area contributed by atoms with Gasteiger partial charge in [-0.25, -0.2) is 0 Å². The Morgan fingerprint density at radius 1 is 1.45 bits per heavy atom. The first-order valence-electron chi connectivity index (χ1n) is 3.39. The number of carbonyl (C=O) groups is 1. The molecule has 11 heavy (non-hydrogen) atoms. The number of rotatable bonds is 1. The van der Waals surface area contributed by atoms with Crippen molar-refractivity contribution in [2.45, 2.75) is 26.3 Å². The fourth-order valence-corrected chi connectivity index (χ4v) is 0.613. The fourth-order valence-electron chi connectivity index (χ4n) is 0.487. The maximum Gasteiger partial charge on any atom is 0.264 e. The molecule has 0 atom stereocenters. The van der Waals surface area contributed by atoms with E-state index in [0.29, 0.717) is 0 Å². The zero-order valence-electron chi connectivity index (χ0n) is 7.44. The topological polar surface area (TPSA) is 20.3 Å². The molecule has 0 aromatic heterocycles. The van der Waals surface area contributed by atoms with Gasteiger partial charge in [0.1, 0.15) is 0 Å². The molecule has 0 aliphatic rings. The first-order chi connectivity index (χ1) is 4.76. The average Bonchev–Trinajstić information content (AvgIpc) is 1.82. The summed E-state index contributed by atoms with van der Waals surface area (Å²) in [6.45, 7) is 9.17. The molecule has 1 amide bonds. The molecule has 0 rings (SSSR count). The summed E-state index contributed by atoms with van der Waals surface area (Å²) in [5, 5.41) is 0.0578. The highest BCUT2D eigenvalue weighted by Gasteiger charge is 2.22. The van der Waals surface area contributed by atoms with E-state index in [2.05, 4.69) is 6.58 Å². The summed E-state index contributed by atoms with van der Waals surface area (Å²) in [6, 6.07) is 0. The van der Waals surface area contributed by atoms with Crippen LogP contribution < -0.4 is 0 Å². The lowest BCUT2D eigenvalue weighted by Gasteiger charge is -2.31. The van der Waals surface area contributed by atoms with Gasteiger partial charge >= 0.3 is 0 Å². The summed E-state index contributed by atoms with van der Waals surface area (Å²) in [4.78, 5) is 12.7. The summed E-state index contributed by atoms with van der Waals surface area (Å²) in [5.74, 6) is -0.223. The van der Waals surface area contributed by atoms with Crippen molar-refractivity contribution < 1.29 is 4.79 Å². The van der Waals surface area contributed by atoms with Gasteiger partial charge in [0.15, 0.2) is 0 Å². The number of amides is 1. The second-order valence-electron chi connectivity index (χ2n) is 3.44. The Balaban J connectivity index is 4.38. The van der Waals surface area contributed by atoms with Crippen molar-refractivity contribution in [2.75, 3.05) is 7.05 Å². The first kappa shape index (κ1) is 10.5. The van der Waals surface area contributed by atoms with E-state index < -0.39 is 0 Å². The van der Waals surface area contributed by atoms with Crippen LogP contribution in [0.3, 0.4) is 0 Å². The number of hydrogen-bond donors (Lipinski definition) is 0. The number of hydrogen-bond acceptors (Lipinski definition) is 1. The second-order valence-corrected chi connectivity index (χ2v) is 3.90. The summed E-state index contributed by atoms with van der Waals surface area (Å²) in [5.41, 5.74) is -0.199. The summed E-state index contributed by atoms with van der Waals surface area (Å²) in [7, 11) is 1.70. The van der Waals surface area contributed by atoms with Crippen molar-refractivity contribution in [3.8, 4) is 0 Å². The van der Waals surface area contributed by atoms with Crippen molar-refractivity contribution in [1.82, 2.24) is 4.90 Å². The van der Waals surface area contributed by atoms with E-state index in [1.54, 1.807) is 11.9 Å². The second kappa shape index (κ2) is 3.26. The minimum absolute atomic E-state index is 0.0578. The van der Waals surface area contributed by atoms with Gasteiger partial charge in [-0.2, -0.15) is 0 Å². The van der Waals surface area contributed by atoms with Crippen molar-refractivity contribution in [3.63, 3.8) is 0 Å². The standard InChI is InChI=1S/C8H14ClNO/c1-6(9)7(11)10(5)8(2,3)4/h1H2,2-5H3. The molecule has 0 saturated heterocycles. The Kier molecular flexibility index (Phi) is 3.12. The molecular formula is C8H14ClNO. The molecule has 0 aliphatic heterocycles. The molecule has 0 fully saturated rings. The van der Waals surface area contributed by atoms with Crippen LogP contribution in [0.1, 0.15) is 20.8 Å². The zero-order valence-corrected chi connectivity index (χ0v) is 8.20. The van der Waals surface area contributed by atoms with Gasteiger partial charge in [0.05, 0.1) is 5.03 Å². The van der Waals surface area contributed by atoms with Crippen LogP contribution in [0.15, 0.2) is 11.6 Å². The van der Waals surface area contributed by atoms with E-state index in [4.69, 9.17) is 11.6 Å². The van der Waals surface area contributed by atoms with Crippen LogP contribution in [0.4, 0.5) is 0 Å². The lowest BCUT2D eigenvalue weighted by atomic mass is 10.1. The van der Waals surface area contributed by atoms with Gasteiger partial charge in [0.2, 0.25) is 0 Å². The Morgan fingerprint density at radius 3 is 1.91 bits per heavy atom. The lowest BCUT2D eigenvalue weighted by Crippen LogP contribution is -2.42. The van der Waals surface area contributed by atoms with Crippen LogP contribution in [0, 0.1) is 0 Å². The van der Waals surface area contributed by atoms with E-state index in [9.17, 15) is 4.79 Å². The number of halogens is 1. The van der Waals surface area contributed by atoms with Crippen molar-refractivity contribution >= 4 is 17.5 Å². The van der Waals surface area contributed by atoms with Crippen molar-refractivity contribution in [1.29, 1.82) is 0 Å². The lowest BCUT2D eigenvalue weighted by molar-refractivity contribution is -0.129. The minimum Gasteiger partial charge on any atom is -0.336 e. The fraction of sp³-hybridized carbons (Fsp3) is 0.625. The van der Waals surface area contributed by atoms with Gasteiger partial charge in [-0.1, -0.05) is 18.2 Å². The summed E-state index contributed by atoms with van der Waals surface area (Å²) in [6.07, 6.45) is 0. The van der Waals surface area contributed by atoms with Gasteiger partial charge in [0, 0.05) is 12.6 Å². The molecule has 0 heterocycles. The van der Waals surface area contributed by atoms with E-state index in [0.717, 1.165) is 0 Å². The Labute approximate surface area is 72.8 Å². The summed E-state index contributed by atoms with van der Waals surface area (Å²) >= 11 is 5.44. The molecule has 2 nitrogen and oxygen atoms in total. The number of carbonyl (C=O) groups excluding carboxylic acids is 1. The molecule has 0 saturated carbocycles. The van der Waals surface area contributed by atoms with Gasteiger partial charge in [-0.15, -0.1) is 0 Å². The highest BCUT2D eigenvalue weighted by molar-refractivity contribution is 6.41. The third kappa shape index (κ3) is 2.93. The number of nitrogens with zero attached hydrogens (tertiary/aromatic N) is 1. The van der Waals surface area contributed by atoms with Crippen LogP contribution in [0.25, 0.3) is 0 Å². The molecule has 0 radical (unpaired) electrons. The average molecular weight is 176 g/mol. The largest absolute Gasteiger partial charge is 0.336 e. The molecule has 0 aromatic rings. The van der Waals surface area contributed by atoms with Crippen LogP contribution in [-0.4, -0.2) is 23.4 Å². The van der Waals surface area contributed by atoms with Crippen molar-refractivity contribution in [3.05, 3.63) is 11.6 Å². The zero-order chi connectivity index (χ0) is 9.23. The maximum atomic E-state index is 11.2. The third-order valence-electron chi connectivity index (χ3n) is 1.54. The van der Waals surface area contributed by atoms with Crippen LogP contribution in [0.2, 0.25) is 0 Å². The van der Waals surface area contributed by atoms with Gasteiger partial charge in [0.25, 0.3) is 5.91 Å². The van der Waals surface area contributed by atoms with E-state index in [1.165, 1.54) is 0 Å². The molecule has 0 unspecified atom stereocenters. The predicted octanol–water partition coefficient (Wildman–Crippen LogP) is 2.00. The number of likely N-dealkylation sites (N-methyl/N-ethyl adjacent to an activating group) is 1. The van der Waals surface area contributed by atoms with Crippen LogP contribution in [0.5, 0.6) is 0 Å². The molecule has 3 heteroatoms. The van der Waals surface area contributed by atoms with Crippen LogP contribution >= 0.6 is 11.6 Å². The van der Waals surface area contributed by atoms with E-state index in [-0.39, 0.29) is 16.5 Å². The third-order valence-corrected chi connectivity index (χ3v) is 1.70. The Morgan fingerprint density at radius 2 is 1.82 bits per heavy atom. The van der Waals surface area contributed by atoms with Crippen molar-refractivity contribution in [2.24, 2.45) is 0 Å². The molecule has 0 aromatic carbocycles. The smallest absolute Gasteiger partial charge is 0.264 e. The molecule has 0 aliphatic carbocycles. The van der Waals surface area contributed by atoms with E-state index >= 15 is 0 Å². The van der Waals surface area contributed by atoms with Gasteiger partial charge < -0.3 is 4.90 Å². The quantitative estimate of drug-likeness (QED) is 0.559. The van der Waals surface area contributed by atoms with E-state index in [1.807, 2.05) is 20.8 Å². The highest BCUT2D eigenvalue weighted by Crippen LogP contribution is 2.14. The summed E-state index contributed by atoms with van der Waals surface area (Å²) < 4.78 is 0. The van der Waals surface area contributed by atoms with Crippen LogP contribution in [-0.2, 0) is 4.79 Å². The Hall–Kier alpha value is -0.500. The first-order valence-corrected chi connectivity index (χ1v) is 3.77. The molecule has 64 valence electrons. The maximum absolute atomic E-state index is 11.2. The minimum atomic E-state index is -0.223. The highest BCUT2D eigenvalue weighted by atomic mass is 35.5. The molecule has 0 N–H and O–H groups in total. The monoisotopic (exact) mass is 175 g/mol. The SMILES string of the molecule is C=C(Cl)C(=O)N(C)C(C)(C)C. The molecular weight excluding hydrogens is 162 g/mol.